The Morgan fingerprint density at radius 3 is 2.24 bits per heavy atom. The van der Waals surface area contributed by atoms with Crippen LogP contribution in [-0.2, 0) is 4.79 Å². The lowest BCUT2D eigenvalue weighted by molar-refractivity contribution is -0.117. The molecule has 1 fully saturated rings. The highest BCUT2D eigenvalue weighted by Crippen LogP contribution is 2.42. The van der Waals surface area contributed by atoms with Crippen LogP contribution in [0.2, 0.25) is 0 Å². The summed E-state index contributed by atoms with van der Waals surface area (Å²) in [7, 11) is 0. The molecule has 214 valence electrons. The Hall–Kier alpha value is -4.29. The fraction of sp³-hybridized carbons (Fsp3) is 0.300. The number of aromatic hydroxyl groups is 1. The highest BCUT2D eigenvalue weighted by atomic mass is 16.4. The topological polar surface area (TPSA) is 156 Å². The van der Waals surface area contributed by atoms with Gasteiger partial charge in [-0.05, 0) is 42.0 Å². The SMILES string of the molecule is O=C(CN1CCNCCNCCNCC1)Nc1ccc(-c2c3ccc(=O)cc-3oc3cc(O)ccc23)c(C(=O)O)c1. The molecule has 1 aliphatic carbocycles. The first-order valence-electron chi connectivity index (χ1n) is 13.6. The number of carbonyl (C=O) groups is 2. The minimum absolute atomic E-state index is 0.0239. The molecular weight excluding hydrogens is 526 g/mol. The lowest BCUT2D eigenvalue weighted by atomic mass is 9.90. The van der Waals surface area contributed by atoms with Crippen LogP contribution >= 0.6 is 0 Å². The molecule has 0 bridgehead atoms. The second-order valence-electron chi connectivity index (χ2n) is 9.96. The number of amides is 1. The van der Waals surface area contributed by atoms with E-state index in [2.05, 4.69) is 26.2 Å². The summed E-state index contributed by atoms with van der Waals surface area (Å²) >= 11 is 0. The maximum Gasteiger partial charge on any atom is 0.336 e. The van der Waals surface area contributed by atoms with Gasteiger partial charge in [-0.1, -0.05) is 6.07 Å². The van der Waals surface area contributed by atoms with Crippen LogP contribution in [0.1, 0.15) is 10.4 Å². The van der Waals surface area contributed by atoms with Crippen LogP contribution in [0.15, 0.2) is 63.8 Å². The van der Waals surface area contributed by atoms with Gasteiger partial charge in [-0.15, -0.1) is 0 Å². The van der Waals surface area contributed by atoms with E-state index in [0.29, 0.717) is 46.4 Å². The van der Waals surface area contributed by atoms with Gasteiger partial charge in [0, 0.05) is 86.7 Å². The highest BCUT2D eigenvalue weighted by molar-refractivity contribution is 6.08. The first-order chi connectivity index (χ1) is 19.9. The maximum atomic E-state index is 13.0. The molecule has 2 aromatic carbocycles. The largest absolute Gasteiger partial charge is 0.508 e. The molecule has 5 rings (SSSR count). The van der Waals surface area contributed by atoms with Gasteiger partial charge in [-0.25, -0.2) is 4.79 Å². The molecule has 0 radical (unpaired) electrons. The Morgan fingerprint density at radius 2 is 1.54 bits per heavy atom. The van der Waals surface area contributed by atoms with Gasteiger partial charge in [0.15, 0.2) is 5.43 Å². The molecule has 41 heavy (non-hydrogen) atoms. The number of hydrogen-bond donors (Lipinski definition) is 6. The second kappa shape index (κ2) is 12.9. The molecule has 0 aromatic heterocycles. The van der Waals surface area contributed by atoms with Crippen molar-refractivity contribution >= 4 is 28.5 Å². The summed E-state index contributed by atoms with van der Waals surface area (Å²) < 4.78 is 5.88. The number of fused-ring (bicyclic) bond motifs is 2. The summed E-state index contributed by atoms with van der Waals surface area (Å²) in [5, 5.41) is 33.7. The molecule has 3 aliphatic rings. The Balaban J connectivity index is 1.43. The normalized spacial score (nSPS) is 15.7. The predicted octanol–water partition coefficient (Wildman–Crippen LogP) is 1.99. The molecule has 11 nitrogen and oxygen atoms in total. The third-order valence-corrected chi connectivity index (χ3v) is 7.01. The van der Waals surface area contributed by atoms with Crippen LogP contribution in [0.5, 0.6) is 5.75 Å². The van der Waals surface area contributed by atoms with Crippen molar-refractivity contribution in [1.82, 2.24) is 20.9 Å². The zero-order valence-electron chi connectivity index (χ0n) is 22.5. The first kappa shape index (κ1) is 28.2. The quantitative estimate of drug-likeness (QED) is 0.200. The lowest BCUT2D eigenvalue weighted by Gasteiger charge is -2.23. The summed E-state index contributed by atoms with van der Waals surface area (Å²) in [5.41, 5.74) is 1.87. The Bertz CT molecular complexity index is 1570. The lowest BCUT2D eigenvalue weighted by Crippen LogP contribution is -2.44. The van der Waals surface area contributed by atoms with Crippen molar-refractivity contribution in [3.8, 4) is 28.2 Å². The van der Waals surface area contributed by atoms with Crippen LogP contribution in [0.4, 0.5) is 5.69 Å². The molecule has 6 N–H and O–H groups in total. The van der Waals surface area contributed by atoms with Gasteiger partial charge in [0.2, 0.25) is 5.91 Å². The van der Waals surface area contributed by atoms with E-state index >= 15 is 0 Å². The molecule has 0 spiro atoms. The minimum Gasteiger partial charge on any atom is -0.508 e. The summed E-state index contributed by atoms with van der Waals surface area (Å²) in [6.45, 7) is 6.55. The number of carbonyl (C=O) groups excluding carboxylic acids is 1. The average Bonchev–Trinajstić information content (AvgIpc) is 2.93. The molecule has 2 heterocycles. The van der Waals surface area contributed by atoms with Crippen LogP contribution in [0.25, 0.3) is 33.4 Å². The highest BCUT2D eigenvalue weighted by Gasteiger charge is 2.23. The number of carboxylic acids is 1. The van der Waals surface area contributed by atoms with E-state index in [1.54, 1.807) is 24.3 Å². The summed E-state index contributed by atoms with van der Waals surface area (Å²) in [5.74, 6) is -1.17. The summed E-state index contributed by atoms with van der Waals surface area (Å²) in [6.07, 6.45) is 0. The molecule has 2 aliphatic heterocycles. The van der Waals surface area contributed by atoms with Gasteiger partial charge < -0.3 is 35.9 Å². The van der Waals surface area contributed by atoms with E-state index in [1.165, 1.54) is 30.3 Å². The standard InChI is InChI=1S/C30H33N5O6/c36-20-2-5-23-26(16-20)41-27-17-21(37)3-6-24(27)29(23)22-4-1-19(15-25(22)30(39)40)34-28(38)18-35-13-11-32-9-7-31-8-10-33-12-14-35/h1-6,15-17,31-33,36H,7-14,18H2,(H,34,38)(H,39,40). The van der Waals surface area contributed by atoms with Gasteiger partial charge in [-0.3, -0.25) is 14.5 Å². The Morgan fingerprint density at radius 1 is 0.854 bits per heavy atom. The van der Waals surface area contributed by atoms with Crippen molar-refractivity contribution in [2.45, 2.75) is 0 Å². The minimum atomic E-state index is -1.17. The van der Waals surface area contributed by atoms with E-state index in [4.69, 9.17) is 4.42 Å². The van der Waals surface area contributed by atoms with E-state index in [9.17, 15) is 24.6 Å². The zero-order chi connectivity index (χ0) is 28.8. The number of hydrogen-bond acceptors (Lipinski definition) is 9. The van der Waals surface area contributed by atoms with Crippen LogP contribution in [0.3, 0.4) is 0 Å². The number of phenolic OH excluding ortho intramolecular Hbond substituents is 1. The van der Waals surface area contributed by atoms with Crippen molar-refractivity contribution < 1.29 is 24.2 Å². The van der Waals surface area contributed by atoms with Gasteiger partial charge in [0.05, 0.1) is 12.1 Å². The van der Waals surface area contributed by atoms with Crippen molar-refractivity contribution in [3.63, 3.8) is 0 Å². The van der Waals surface area contributed by atoms with Gasteiger partial charge in [0.1, 0.15) is 17.1 Å². The number of nitrogens with zero attached hydrogens (tertiary/aromatic N) is 1. The van der Waals surface area contributed by atoms with Crippen molar-refractivity contribution in [2.75, 3.05) is 64.2 Å². The average molecular weight is 560 g/mol. The number of rotatable bonds is 5. The monoisotopic (exact) mass is 559 g/mol. The molecule has 1 saturated heterocycles. The van der Waals surface area contributed by atoms with Crippen LogP contribution < -0.4 is 26.7 Å². The predicted molar refractivity (Wildman–Crippen MR) is 157 cm³/mol. The molecule has 1 amide bonds. The number of aromatic carboxylic acids is 1. The van der Waals surface area contributed by atoms with Gasteiger partial charge >= 0.3 is 5.97 Å². The fourth-order valence-corrected chi connectivity index (χ4v) is 5.04. The van der Waals surface area contributed by atoms with E-state index in [-0.39, 0.29) is 35.0 Å². The van der Waals surface area contributed by atoms with Crippen molar-refractivity contribution in [2.24, 2.45) is 0 Å². The number of nitrogens with one attached hydrogen (secondary N) is 4. The third kappa shape index (κ3) is 6.90. The Kier molecular flexibility index (Phi) is 8.90. The number of phenols is 1. The molecule has 0 saturated carbocycles. The van der Waals surface area contributed by atoms with Gasteiger partial charge in [0.25, 0.3) is 0 Å². The van der Waals surface area contributed by atoms with Crippen LogP contribution in [0, 0.1) is 0 Å². The Labute approximate surface area is 236 Å². The maximum absolute atomic E-state index is 13.0. The smallest absolute Gasteiger partial charge is 0.336 e. The van der Waals surface area contributed by atoms with E-state index < -0.39 is 5.97 Å². The number of carboxylic acid groups (broad SMARTS) is 1. The van der Waals surface area contributed by atoms with Crippen molar-refractivity contribution in [1.29, 1.82) is 0 Å². The molecular formula is C30H33N5O6. The molecule has 2 aromatic rings. The zero-order valence-corrected chi connectivity index (χ0v) is 22.5. The molecule has 0 unspecified atom stereocenters. The van der Waals surface area contributed by atoms with Crippen LogP contribution in [-0.4, -0.2) is 85.9 Å². The molecule has 0 atom stereocenters. The fourth-order valence-electron chi connectivity index (χ4n) is 5.04. The van der Waals surface area contributed by atoms with Gasteiger partial charge in [-0.2, -0.15) is 0 Å². The van der Waals surface area contributed by atoms with Crippen molar-refractivity contribution in [3.05, 3.63) is 70.4 Å². The number of anilines is 1. The molecule has 11 heteroatoms. The third-order valence-electron chi connectivity index (χ3n) is 7.01. The van der Waals surface area contributed by atoms with E-state index in [1.807, 2.05) is 0 Å². The summed E-state index contributed by atoms with van der Waals surface area (Å²) in [4.78, 5) is 39.5. The van der Waals surface area contributed by atoms with E-state index in [0.717, 1.165) is 39.3 Å². The first-order valence-corrected chi connectivity index (χ1v) is 13.6. The summed E-state index contributed by atoms with van der Waals surface area (Å²) in [6, 6.07) is 13.6. The number of benzene rings is 3. The second-order valence-corrected chi connectivity index (χ2v) is 9.96.